The summed E-state index contributed by atoms with van der Waals surface area (Å²) in [7, 11) is 0. The summed E-state index contributed by atoms with van der Waals surface area (Å²) in [5.74, 6) is -1.07. The van der Waals surface area contributed by atoms with E-state index in [1.54, 1.807) is 17.9 Å². The molecule has 0 radical (unpaired) electrons. The molecule has 1 aromatic heterocycles. The number of aromatic nitrogens is 2. The molecule has 2 aliphatic rings. The van der Waals surface area contributed by atoms with Crippen molar-refractivity contribution < 1.29 is 14.0 Å². The van der Waals surface area contributed by atoms with Gasteiger partial charge in [0.1, 0.15) is 11.6 Å². The summed E-state index contributed by atoms with van der Waals surface area (Å²) in [6.45, 7) is 7.83. The second-order valence-corrected chi connectivity index (χ2v) is 13.2. The van der Waals surface area contributed by atoms with Gasteiger partial charge in [0.25, 0.3) is 0 Å². The van der Waals surface area contributed by atoms with Crippen LogP contribution in [0.5, 0.6) is 0 Å². The lowest BCUT2D eigenvalue weighted by atomic mass is 9.68. The van der Waals surface area contributed by atoms with Crippen molar-refractivity contribution in [3.63, 3.8) is 0 Å². The minimum Gasteiger partial charge on any atom is -0.384 e. The molecule has 210 valence electrons. The standard InChI is InChI=1S/C30H29FN6O2S2/c1-16-6-5-7-18(10-16)25-20(14-32)27(33)37(22-12-30(3,4)13-23(38)26(22)25)28-35-36-29(41-28)40-15-24(39)34-21-11-19(31)9-8-17(21)2/h5-11,25H,12-13,15,33H2,1-4H3,(H,34,39). The maximum atomic E-state index is 13.7. The average Bonchev–Trinajstić information content (AvgIpc) is 3.36. The zero-order valence-electron chi connectivity index (χ0n) is 23.1. The van der Waals surface area contributed by atoms with Gasteiger partial charge in [0, 0.05) is 23.4 Å². The van der Waals surface area contributed by atoms with Crippen molar-refractivity contribution in [3.05, 3.63) is 87.6 Å². The number of amides is 1. The highest BCUT2D eigenvalue weighted by molar-refractivity contribution is 8.01. The van der Waals surface area contributed by atoms with Crippen molar-refractivity contribution in [1.29, 1.82) is 5.26 Å². The Hall–Kier alpha value is -4.01. The van der Waals surface area contributed by atoms with E-state index < -0.39 is 11.7 Å². The summed E-state index contributed by atoms with van der Waals surface area (Å²) >= 11 is 2.41. The van der Waals surface area contributed by atoms with E-state index in [4.69, 9.17) is 5.73 Å². The Labute approximate surface area is 246 Å². The number of ketones is 1. The molecule has 2 heterocycles. The lowest BCUT2D eigenvalue weighted by molar-refractivity contribution is -0.118. The molecule has 1 unspecified atom stereocenters. The molecule has 8 nitrogen and oxygen atoms in total. The van der Waals surface area contributed by atoms with Crippen molar-refractivity contribution in [3.8, 4) is 6.07 Å². The molecule has 0 saturated carbocycles. The summed E-state index contributed by atoms with van der Waals surface area (Å²) in [5.41, 5.74) is 11.0. The van der Waals surface area contributed by atoms with E-state index in [1.165, 1.54) is 35.2 Å². The van der Waals surface area contributed by atoms with E-state index in [1.807, 2.05) is 45.0 Å². The number of halogens is 1. The number of aryl methyl sites for hydroxylation is 2. The highest BCUT2D eigenvalue weighted by Crippen LogP contribution is 2.50. The zero-order chi connectivity index (χ0) is 29.5. The molecule has 0 bridgehead atoms. The molecule has 3 aromatic rings. The van der Waals surface area contributed by atoms with E-state index in [2.05, 4.69) is 21.6 Å². The fourth-order valence-electron chi connectivity index (χ4n) is 5.30. The first-order chi connectivity index (χ1) is 19.5. The van der Waals surface area contributed by atoms with Gasteiger partial charge in [-0.2, -0.15) is 5.26 Å². The summed E-state index contributed by atoms with van der Waals surface area (Å²) < 4.78 is 14.1. The first-order valence-electron chi connectivity index (χ1n) is 13.0. The van der Waals surface area contributed by atoms with Crippen molar-refractivity contribution in [2.24, 2.45) is 11.1 Å². The minimum absolute atomic E-state index is 0.0172. The number of carbonyl (C=O) groups is 2. The van der Waals surface area contributed by atoms with E-state index >= 15 is 0 Å². The highest BCUT2D eigenvalue weighted by Gasteiger charge is 2.45. The maximum Gasteiger partial charge on any atom is 0.234 e. The van der Waals surface area contributed by atoms with Gasteiger partial charge in [0.15, 0.2) is 10.1 Å². The van der Waals surface area contributed by atoms with Gasteiger partial charge in [-0.25, -0.2) is 4.39 Å². The van der Waals surface area contributed by atoms with Crippen LogP contribution in [0.25, 0.3) is 0 Å². The summed E-state index contributed by atoms with van der Waals surface area (Å²) in [5, 5.41) is 22.0. The number of hydrogen-bond acceptors (Lipinski definition) is 9. The van der Waals surface area contributed by atoms with Crippen molar-refractivity contribution in [1.82, 2.24) is 10.2 Å². The second kappa shape index (κ2) is 11.1. The number of nitriles is 1. The largest absolute Gasteiger partial charge is 0.384 e. The zero-order valence-corrected chi connectivity index (χ0v) is 24.8. The molecule has 0 spiro atoms. The normalized spacial score (nSPS) is 18.3. The van der Waals surface area contributed by atoms with Gasteiger partial charge in [0.2, 0.25) is 11.0 Å². The summed E-state index contributed by atoms with van der Waals surface area (Å²) in [4.78, 5) is 27.9. The Kier molecular flexibility index (Phi) is 7.72. The van der Waals surface area contributed by atoms with Crippen LogP contribution in [-0.2, 0) is 9.59 Å². The smallest absolute Gasteiger partial charge is 0.234 e. The lowest BCUT2D eigenvalue weighted by Gasteiger charge is -2.42. The number of anilines is 2. The van der Waals surface area contributed by atoms with Crippen LogP contribution in [0.15, 0.2) is 69.5 Å². The average molecular weight is 589 g/mol. The minimum atomic E-state index is -0.563. The van der Waals surface area contributed by atoms with Gasteiger partial charge in [-0.1, -0.05) is 72.8 Å². The molecule has 0 saturated heterocycles. The van der Waals surface area contributed by atoms with Gasteiger partial charge in [0.05, 0.1) is 23.3 Å². The molecule has 11 heteroatoms. The van der Waals surface area contributed by atoms with Gasteiger partial charge < -0.3 is 11.1 Å². The van der Waals surface area contributed by atoms with Crippen molar-refractivity contribution >= 4 is 45.6 Å². The van der Waals surface area contributed by atoms with Crippen molar-refractivity contribution in [2.45, 2.75) is 50.8 Å². The Morgan fingerprint density at radius 1 is 1.24 bits per heavy atom. The fraction of sp³-hybridized carbons (Fsp3) is 0.300. The number of allylic oxidation sites excluding steroid dienone is 3. The van der Waals surface area contributed by atoms with Gasteiger partial charge in [-0.05, 0) is 48.9 Å². The first kappa shape index (κ1) is 28.5. The van der Waals surface area contributed by atoms with E-state index in [9.17, 15) is 19.2 Å². The number of benzene rings is 2. The fourth-order valence-corrected chi connectivity index (χ4v) is 6.98. The Bertz CT molecular complexity index is 1670. The lowest BCUT2D eigenvalue weighted by Crippen LogP contribution is -2.42. The third-order valence-electron chi connectivity index (χ3n) is 7.14. The number of thioether (sulfide) groups is 1. The van der Waals surface area contributed by atoms with Crippen LogP contribution in [-0.4, -0.2) is 27.6 Å². The third-order valence-corrected chi connectivity index (χ3v) is 9.19. The Morgan fingerprint density at radius 2 is 2.02 bits per heavy atom. The van der Waals surface area contributed by atoms with E-state index in [0.717, 1.165) is 22.4 Å². The topological polar surface area (TPSA) is 125 Å². The molecule has 2 aromatic carbocycles. The maximum absolute atomic E-state index is 13.7. The predicted octanol–water partition coefficient (Wildman–Crippen LogP) is 5.97. The molecular weight excluding hydrogens is 560 g/mol. The van der Waals surface area contributed by atoms with Crippen LogP contribution in [0.1, 0.15) is 49.3 Å². The number of hydrogen-bond donors (Lipinski definition) is 2. The van der Waals surface area contributed by atoms with Crippen LogP contribution < -0.4 is 16.0 Å². The van der Waals surface area contributed by atoms with Crippen LogP contribution >= 0.6 is 23.1 Å². The SMILES string of the molecule is Cc1cccc(C2C(C#N)=C(N)N(c3nnc(SCC(=O)Nc4cc(F)ccc4C)s3)C3=C2C(=O)CC(C)(C)C3)c1. The number of nitrogens with two attached hydrogens (primary N) is 1. The molecule has 5 rings (SSSR count). The quantitative estimate of drug-likeness (QED) is 0.338. The van der Waals surface area contributed by atoms with Crippen LogP contribution in [0.2, 0.25) is 0 Å². The van der Waals surface area contributed by atoms with Crippen LogP contribution in [0, 0.1) is 36.4 Å². The number of nitrogens with one attached hydrogen (secondary N) is 1. The molecule has 1 aliphatic heterocycles. The van der Waals surface area contributed by atoms with Gasteiger partial charge >= 0.3 is 0 Å². The first-order valence-corrected chi connectivity index (χ1v) is 14.8. The number of Topliss-reactive ketones (excluding diaryl/α,β-unsaturated/α-hetero) is 1. The van der Waals surface area contributed by atoms with Crippen molar-refractivity contribution in [2.75, 3.05) is 16.0 Å². The van der Waals surface area contributed by atoms with Crippen LogP contribution in [0.3, 0.4) is 0 Å². The molecule has 41 heavy (non-hydrogen) atoms. The monoisotopic (exact) mass is 588 g/mol. The molecular formula is C30H29FN6O2S2. The third kappa shape index (κ3) is 5.76. The van der Waals surface area contributed by atoms with Crippen LogP contribution in [0.4, 0.5) is 15.2 Å². The Balaban J connectivity index is 1.46. The summed E-state index contributed by atoms with van der Waals surface area (Å²) in [6, 6.07) is 14.3. The summed E-state index contributed by atoms with van der Waals surface area (Å²) in [6.07, 6.45) is 0.922. The molecule has 3 N–H and O–H groups in total. The second-order valence-electron chi connectivity index (χ2n) is 11.0. The van der Waals surface area contributed by atoms with E-state index in [-0.39, 0.29) is 34.3 Å². The highest BCUT2D eigenvalue weighted by atomic mass is 32.2. The molecule has 1 aliphatic carbocycles. The number of nitrogens with zero attached hydrogens (tertiary/aromatic N) is 4. The predicted molar refractivity (Wildman–Crippen MR) is 159 cm³/mol. The Morgan fingerprint density at radius 3 is 2.76 bits per heavy atom. The molecule has 1 atom stereocenters. The van der Waals surface area contributed by atoms with Gasteiger partial charge in [-0.15, -0.1) is 10.2 Å². The molecule has 1 amide bonds. The van der Waals surface area contributed by atoms with Gasteiger partial charge in [-0.3, -0.25) is 14.5 Å². The van der Waals surface area contributed by atoms with E-state index in [0.29, 0.717) is 33.6 Å². The number of rotatable bonds is 6. The number of carbonyl (C=O) groups excluding carboxylic acids is 2. The molecule has 0 fully saturated rings.